The van der Waals surface area contributed by atoms with E-state index in [1.54, 1.807) is 18.2 Å². The predicted octanol–water partition coefficient (Wildman–Crippen LogP) is 5.20. The van der Waals surface area contributed by atoms with E-state index in [2.05, 4.69) is 29.6 Å². The second-order valence-electron chi connectivity index (χ2n) is 8.08. The lowest BCUT2D eigenvalue weighted by Crippen LogP contribution is -2.40. The van der Waals surface area contributed by atoms with Crippen molar-refractivity contribution in [2.75, 3.05) is 19.0 Å². The number of anilines is 1. The van der Waals surface area contributed by atoms with Crippen molar-refractivity contribution < 1.29 is 24.2 Å². The zero-order valence-electron chi connectivity index (χ0n) is 18.6. The molecule has 8 heteroatoms. The van der Waals surface area contributed by atoms with Gasteiger partial charge in [0.25, 0.3) is 5.91 Å². The third kappa shape index (κ3) is 4.63. The van der Waals surface area contributed by atoms with Gasteiger partial charge >= 0.3 is 12.1 Å². The molecule has 1 unspecified atom stereocenters. The normalized spacial score (nSPS) is 12.9. The third-order valence-corrected chi connectivity index (χ3v) is 6.95. The summed E-state index contributed by atoms with van der Waals surface area (Å²) in [6.07, 6.45) is -0.588. The molecule has 34 heavy (non-hydrogen) atoms. The number of benzene rings is 3. The van der Waals surface area contributed by atoms with Crippen LogP contribution in [0.1, 0.15) is 34.3 Å². The first-order chi connectivity index (χ1) is 16.3. The molecule has 0 aromatic heterocycles. The molecule has 1 atom stereocenters. The number of carboxylic acid groups (broad SMARTS) is 1. The van der Waals surface area contributed by atoms with E-state index in [9.17, 15) is 14.4 Å². The molecule has 0 radical (unpaired) electrons. The first-order valence-electron chi connectivity index (χ1n) is 10.7. The Kier molecular flexibility index (Phi) is 6.87. The highest BCUT2D eigenvalue weighted by atomic mass is 127. The first-order valence-corrected chi connectivity index (χ1v) is 11.8. The molecule has 2 amide bonds. The number of carbonyl (C=O) groups is 3. The maximum absolute atomic E-state index is 12.6. The summed E-state index contributed by atoms with van der Waals surface area (Å²) in [5, 5.41) is 11.9. The molecule has 3 aromatic rings. The quantitative estimate of drug-likeness (QED) is 0.398. The number of halogens is 1. The van der Waals surface area contributed by atoms with Gasteiger partial charge in [0.2, 0.25) is 0 Å². The lowest BCUT2D eigenvalue weighted by molar-refractivity contribution is -0.141. The van der Waals surface area contributed by atoms with E-state index in [4.69, 9.17) is 9.84 Å². The van der Waals surface area contributed by atoms with Crippen molar-refractivity contribution in [1.29, 1.82) is 0 Å². The summed E-state index contributed by atoms with van der Waals surface area (Å²) in [5.74, 6) is -1.54. The van der Waals surface area contributed by atoms with E-state index in [0.717, 1.165) is 27.2 Å². The van der Waals surface area contributed by atoms with Crippen LogP contribution in [-0.2, 0) is 9.53 Å². The smallest absolute Gasteiger partial charge is 0.411 e. The van der Waals surface area contributed by atoms with Gasteiger partial charge in [-0.15, -0.1) is 0 Å². The maximum Gasteiger partial charge on any atom is 0.411 e. The van der Waals surface area contributed by atoms with Gasteiger partial charge in [-0.25, -0.2) is 9.59 Å². The van der Waals surface area contributed by atoms with E-state index in [1.807, 2.05) is 46.9 Å². The number of aliphatic carboxylic acids is 1. The summed E-state index contributed by atoms with van der Waals surface area (Å²) in [7, 11) is 1.44. The van der Waals surface area contributed by atoms with E-state index in [0.29, 0.717) is 14.8 Å². The second-order valence-corrected chi connectivity index (χ2v) is 9.24. The minimum atomic E-state index is -1.08. The molecule has 0 spiro atoms. The number of hydrogen-bond donors (Lipinski definition) is 2. The van der Waals surface area contributed by atoms with Crippen LogP contribution < -0.4 is 5.32 Å². The summed E-state index contributed by atoms with van der Waals surface area (Å²) >= 11 is 2.02. The highest BCUT2D eigenvalue weighted by Gasteiger charge is 2.29. The molecule has 1 aliphatic carbocycles. The maximum atomic E-state index is 12.6. The van der Waals surface area contributed by atoms with Crippen LogP contribution in [0.5, 0.6) is 0 Å². The number of likely N-dealkylation sites (N-methyl/N-ethyl adjacent to an activating group) is 1. The molecule has 1 aliphatic rings. The highest BCUT2D eigenvalue weighted by molar-refractivity contribution is 14.1. The number of carbonyl (C=O) groups excluding carboxylic acids is 2. The van der Waals surface area contributed by atoms with Crippen molar-refractivity contribution in [3.05, 3.63) is 87.0 Å². The van der Waals surface area contributed by atoms with Crippen molar-refractivity contribution in [3.8, 4) is 11.1 Å². The van der Waals surface area contributed by atoms with Gasteiger partial charge in [-0.1, -0.05) is 48.5 Å². The van der Waals surface area contributed by atoms with Crippen molar-refractivity contribution in [2.45, 2.75) is 18.9 Å². The minimum Gasteiger partial charge on any atom is -0.480 e. The highest BCUT2D eigenvalue weighted by Crippen LogP contribution is 2.44. The SMILES string of the molecule is CC(C(=O)O)N(C)C(=O)c1ccc(NC(=O)OCC2c3ccccc3-c3ccccc32)c(I)c1. The number of hydrogen-bond acceptors (Lipinski definition) is 4. The first kappa shape index (κ1) is 23.7. The number of fused-ring (bicyclic) bond motifs is 3. The van der Waals surface area contributed by atoms with E-state index < -0.39 is 24.0 Å². The molecular formula is C26H23IN2O5. The number of rotatable bonds is 6. The van der Waals surface area contributed by atoms with Crippen LogP contribution in [0.2, 0.25) is 0 Å². The molecule has 0 bridgehead atoms. The lowest BCUT2D eigenvalue weighted by atomic mass is 9.98. The fourth-order valence-electron chi connectivity index (χ4n) is 4.04. The van der Waals surface area contributed by atoms with E-state index in [-0.39, 0.29) is 12.5 Å². The van der Waals surface area contributed by atoms with Crippen LogP contribution in [0, 0.1) is 3.57 Å². The van der Waals surface area contributed by atoms with E-state index in [1.165, 1.54) is 14.0 Å². The number of amides is 2. The van der Waals surface area contributed by atoms with Gasteiger partial charge in [-0.3, -0.25) is 10.1 Å². The van der Waals surface area contributed by atoms with Crippen LogP contribution in [0.25, 0.3) is 11.1 Å². The number of nitrogens with zero attached hydrogens (tertiary/aromatic N) is 1. The Labute approximate surface area is 210 Å². The molecule has 0 aliphatic heterocycles. The fraction of sp³-hybridized carbons (Fsp3) is 0.192. The lowest BCUT2D eigenvalue weighted by Gasteiger charge is -2.21. The van der Waals surface area contributed by atoms with Crippen molar-refractivity contribution >= 4 is 46.2 Å². The average molecular weight is 570 g/mol. The molecule has 3 aromatic carbocycles. The molecule has 0 saturated carbocycles. The third-order valence-electron chi connectivity index (χ3n) is 6.06. The molecule has 0 saturated heterocycles. The van der Waals surface area contributed by atoms with Crippen molar-refractivity contribution in [3.63, 3.8) is 0 Å². The predicted molar refractivity (Wildman–Crippen MR) is 137 cm³/mol. The standard InChI is InChI=1S/C26H23IN2O5/c1-15(25(31)32)29(2)24(30)16-11-12-23(22(27)13-16)28-26(33)34-14-21-19-9-5-3-7-17(19)18-8-4-6-10-20(18)21/h3-13,15,21H,14H2,1-2H3,(H,28,33)(H,31,32). The topological polar surface area (TPSA) is 95.9 Å². The summed E-state index contributed by atoms with van der Waals surface area (Å²) in [6.45, 7) is 1.64. The van der Waals surface area contributed by atoms with Crippen LogP contribution in [-0.4, -0.2) is 47.7 Å². The zero-order chi connectivity index (χ0) is 24.4. The Morgan fingerprint density at radius 3 is 2.18 bits per heavy atom. The number of carboxylic acids is 1. The van der Waals surface area contributed by atoms with Gasteiger partial charge in [0.1, 0.15) is 12.6 Å². The van der Waals surface area contributed by atoms with E-state index >= 15 is 0 Å². The molecule has 0 heterocycles. The number of nitrogens with one attached hydrogen (secondary N) is 1. The molecule has 2 N–H and O–H groups in total. The summed E-state index contributed by atoms with van der Waals surface area (Å²) in [4.78, 5) is 37.4. The monoisotopic (exact) mass is 570 g/mol. The average Bonchev–Trinajstić information content (AvgIpc) is 3.16. The largest absolute Gasteiger partial charge is 0.480 e. The molecule has 4 rings (SSSR count). The van der Waals surface area contributed by atoms with Gasteiger partial charge < -0.3 is 14.7 Å². The van der Waals surface area contributed by atoms with Crippen LogP contribution in [0.4, 0.5) is 10.5 Å². The minimum absolute atomic E-state index is 0.0380. The Balaban J connectivity index is 1.42. The van der Waals surface area contributed by atoms with Crippen molar-refractivity contribution in [1.82, 2.24) is 4.90 Å². The molecule has 7 nitrogen and oxygen atoms in total. The van der Waals surface area contributed by atoms with Gasteiger partial charge in [0, 0.05) is 22.1 Å². The van der Waals surface area contributed by atoms with Gasteiger partial charge in [0.15, 0.2) is 0 Å². The van der Waals surface area contributed by atoms with Crippen LogP contribution in [0.15, 0.2) is 66.7 Å². The molecule has 174 valence electrons. The zero-order valence-corrected chi connectivity index (χ0v) is 20.8. The van der Waals surface area contributed by atoms with Gasteiger partial charge in [-0.05, 0) is 70.0 Å². The Morgan fingerprint density at radius 1 is 1.03 bits per heavy atom. The summed E-state index contributed by atoms with van der Waals surface area (Å²) in [6, 6.07) is 20.0. The molecular weight excluding hydrogens is 547 g/mol. The Morgan fingerprint density at radius 2 is 1.62 bits per heavy atom. The summed E-state index contributed by atoms with van der Waals surface area (Å²) in [5.41, 5.74) is 5.41. The summed E-state index contributed by atoms with van der Waals surface area (Å²) < 4.78 is 6.21. The second kappa shape index (κ2) is 9.84. The Bertz CT molecular complexity index is 1230. The molecule has 0 fully saturated rings. The van der Waals surface area contributed by atoms with Gasteiger partial charge in [-0.2, -0.15) is 0 Å². The fourth-order valence-corrected chi connectivity index (χ4v) is 4.69. The van der Waals surface area contributed by atoms with Crippen molar-refractivity contribution in [2.24, 2.45) is 0 Å². The van der Waals surface area contributed by atoms with Crippen LogP contribution in [0.3, 0.4) is 0 Å². The number of ether oxygens (including phenoxy) is 1. The van der Waals surface area contributed by atoms with Crippen LogP contribution >= 0.6 is 22.6 Å². The van der Waals surface area contributed by atoms with Gasteiger partial charge in [0.05, 0.1) is 5.69 Å². The Hall–Kier alpha value is -3.40.